The lowest BCUT2D eigenvalue weighted by Crippen LogP contribution is -2.47. The van der Waals surface area contributed by atoms with Crippen LogP contribution in [0.3, 0.4) is 0 Å². The summed E-state index contributed by atoms with van der Waals surface area (Å²) in [6.07, 6.45) is 8.26. The Labute approximate surface area is 172 Å². The second-order valence-electron chi connectivity index (χ2n) is 9.58. The van der Waals surface area contributed by atoms with E-state index in [9.17, 15) is 0 Å². The third-order valence-corrected chi connectivity index (χ3v) is 13.2. The van der Waals surface area contributed by atoms with Crippen molar-refractivity contribution in [1.29, 1.82) is 0 Å². The van der Waals surface area contributed by atoms with Crippen molar-refractivity contribution in [3.8, 4) is 0 Å². The van der Waals surface area contributed by atoms with Crippen molar-refractivity contribution in [3.05, 3.63) is 47.9 Å². The minimum atomic E-state index is -1.89. The number of hydrogen-bond donors (Lipinski definition) is 1. The van der Waals surface area contributed by atoms with Gasteiger partial charge in [0, 0.05) is 29.4 Å². The Morgan fingerprint density at radius 2 is 1.68 bits per heavy atom. The van der Waals surface area contributed by atoms with Crippen molar-refractivity contribution < 1.29 is 4.43 Å². The summed E-state index contributed by atoms with van der Waals surface area (Å²) in [7, 11) is -1.89. The predicted octanol–water partition coefficient (Wildman–Crippen LogP) is 8.15. The molecule has 2 aromatic rings. The first-order valence-corrected chi connectivity index (χ1v) is 13.4. The molecule has 1 aliphatic carbocycles. The van der Waals surface area contributed by atoms with Crippen LogP contribution in [0.2, 0.25) is 16.6 Å². The van der Waals surface area contributed by atoms with Crippen LogP contribution in [0.15, 0.2) is 42.3 Å². The lowest BCUT2D eigenvalue weighted by Gasteiger charge is -2.44. The summed E-state index contributed by atoms with van der Waals surface area (Å²) in [6, 6.07) is 8.70. The van der Waals surface area contributed by atoms with Gasteiger partial charge in [-0.1, -0.05) is 73.1 Å². The molecule has 0 aliphatic heterocycles. The molecule has 2 nitrogen and oxygen atoms in total. The van der Waals surface area contributed by atoms with E-state index in [4.69, 9.17) is 4.43 Å². The Balaban J connectivity index is 2.00. The van der Waals surface area contributed by atoms with Crippen LogP contribution in [0.4, 0.5) is 0 Å². The van der Waals surface area contributed by atoms with Crippen LogP contribution in [0.5, 0.6) is 0 Å². The van der Waals surface area contributed by atoms with E-state index in [0.717, 1.165) is 6.42 Å². The number of aromatic amines is 1. The Morgan fingerprint density at radius 1 is 1.04 bits per heavy atom. The zero-order chi connectivity index (χ0) is 20.5. The molecule has 0 fully saturated rings. The highest BCUT2D eigenvalue weighted by Crippen LogP contribution is 2.47. The molecule has 0 saturated carbocycles. The number of fused-ring (bicyclic) bond motifs is 1. The lowest BCUT2D eigenvalue weighted by atomic mass is 9.77. The average Bonchev–Trinajstić information content (AvgIpc) is 3.09. The zero-order valence-electron chi connectivity index (χ0n) is 18.9. The Morgan fingerprint density at radius 3 is 2.29 bits per heavy atom. The monoisotopic (exact) mass is 397 g/mol. The van der Waals surface area contributed by atoms with E-state index in [0.29, 0.717) is 28.5 Å². The molecule has 1 heterocycles. The summed E-state index contributed by atoms with van der Waals surface area (Å²) in [5, 5.41) is 1.36. The lowest BCUT2D eigenvalue weighted by molar-refractivity contribution is 0.302. The van der Waals surface area contributed by atoms with Gasteiger partial charge in [0.1, 0.15) is 0 Å². The van der Waals surface area contributed by atoms with Crippen LogP contribution >= 0.6 is 0 Å². The number of para-hydroxylation sites is 1. The highest BCUT2D eigenvalue weighted by atomic mass is 28.4. The topological polar surface area (TPSA) is 25.0 Å². The first kappa shape index (κ1) is 21.2. The normalized spacial score (nSPS) is 21.0. The largest absolute Gasteiger partial charge is 0.546 e. The van der Waals surface area contributed by atoms with Crippen LogP contribution in [-0.4, -0.2) is 13.3 Å². The van der Waals surface area contributed by atoms with Crippen molar-refractivity contribution in [2.24, 2.45) is 5.92 Å². The zero-order valence-corrected chi connectivity index (χ0v) is 19.9. The number of aromatic nitrogens is 1. The van der Waals surface area contributed by atoms with Gasteiger partial charge in [-0.25, -0.2) is 0 Å². The molecule has 0 spiro atoms. The molecule has 1 unspecified atom stereocenters. The second kappa shape index (κ2) is 8.48. The molecule has 1 N–H and O–H groups in total. The molecule has 154 valence electrons. The van der Waals surface area contributed by atoms with E-state index in [2.05, 4.69) is 90.0 Å². The molecule has 0 amide bonds. The van der Waals surface area contributed by atoms with Crippen molar-refractivity contribution >= 4 is 19.2 Å². The first-order chi connectivity index (χ1) is 13.3. The average molecular weight is 398 g/mol. The summed E-state index contributed by atoms with van der Waals surface area (Å²) in [4.78, 5) is 3.49. The summed E-state index contributed by atoms with van der Waals surface area (Å²) in [6.45, 7) is 16.6. The third kappa shape index (κ3) is 3.70. The molecule has 0 radical (unpaired) electrons. The fourth-order valence-corrected chi connectivity index (χ4v) is 11.1. The number of hydrogen-bond acceptors (Lipinski definition) is 1. The molecule has 28 heavy (non-hydrogen) atoms. The smallest absolute Gasteiger partial charge is 0.258 e. The fraction of sp³-hybridized carbons (Fsp3) is 0.600. The van der Waals surface area contributed by atoms with Crippen LogP contribution in [0.1, 0.15) is 79.2 Å². The van der Waals surface area contributed by atoms with Gasteiger partial charge < -0.3 is 9.41 Å². The number of allylic oxidation sites excluding steroid dienone is 2. The van der Waals surface area contributed by atoms with Gasteiger partial charge in [0.05, 0.1) is 5.76 Å². The fourth-order valence-electron chi connectivity index (χ4n) is 5.76. The summed E-state index contributed by atoms with van der Waals surface area (Å²) < 4.78 is 7.09. The van der Waals surface area contributed by atoms with Gasteiger partial charge in [0.2, 0.25) is 0 Å². The molecule has 1 aromatic heterocycles. The molecular weight excluding hydrogens is 358 g/mol. The maximum atomic E-state index is 7.09. The van der Waals surface area contributed by atoms with E-state index in [1.54, 1.807) is 0 Å². The minimum Gasteiger partial charge on any atom is -0.546 e. The number of nitrogens with one attached hydrogen (secondary N) is 1. The van der Waals surface area contributed by atoms with E-state index in [1.807, 2.05) is 0 Å². The highest BCUT2D eigenvalue weighted by molar-refractivity contribution is 6.77. The molecule has 1 aliphatic rings. The van der Waals surface area contributed by atoms with Gasteiger partial charge >= 0.3 is 0 Å². The minimum absolute atomic E-state index is 0.447. The van der Waals surface area contributed by atoms with Crippen molar-refractivity contribution in [2.45, 2.75) is 90.3 Å². The summed E-state index contributed by atoms with van der Waals surface area (Å²) in [5.41, 5.74) is 4.52. The predicted molar refractivity (Wildman–Crippen MR) is 124 cm³/mol. The number of H-pyrrole nitrogens is 1. The van der Waals surface area contributed by atoms with E-state index in [-0.39, 0.29) is 0 Å². The molecule has 0 saturated heterocycles. The molecule has 3 rings (SSSR count). The number of rotatable bonds is 7. The van der Waals surface area contributed by atoms with E-state index in [1.165, 1.54) is 35.1 Å². The summed E-state index contributed by atoms with van der Waals surface area (Å²) >= 11 is 0. The standard InChI is InChI=1S/C25H39NOSi/c1-8-20-13-14-21(27-28(17(2)3,18(4)5)19(6)7)15-23(20)24-16-26-25-12-10-9-11-22(24)25/h9-12,15-20,23,26H,8,13-14H2,1-7H3/t20?,23-/m1/s1. The Hall–Kier alpha value is -1.48. The first-order valence-electron chi connectivity index (χ1n) is 11.3. The van der Waals surface area contributed by atoms with Gasteiger partial charge in [-0.3, -0.25) is 0 Å². The van der Waals surface area contributed by atoms with Crippen molar-refractivity contribution in [2.75, 3.05) is 0 Å². The van der Waals surface area contributed by atoms with Crippen molar-refractivity contribution in [1.82, 2.24) is 4.98 Å². The van der Waals surface area contributed by atoms with Gasteiger partial charge in [0.25, 0.3) is 8.32 Å². The maximum absolute atomic E-state index is 7.09. The highest BCUT2D eigenvalue weighted by Gasteiger charge is 2.47. The molecule has 3 heteroatoms. The van der Waals surface area contributed by atoms with E-state index < -0.39 is 8.32 Å². The van der Waals surface area contributed by atoms with E-state index >= 15 is 0 Å². The number of benzene rings is 1. The third-order valence-electron chi connectivity index (χ3n) is 7.15. The van der Waals surface area contributed by atoms with Crippen LogP contribution < -0.4 is 0 Å². The molecule has 1 aromatic carbocycles. The van der Waals surface area contributed by atoms with Gasteiger partial charge in [-0.05, 0) is 46.7 Å². The Bertz CT molecular complexity index is 795. The molecular formula is C25H39NOSi. The van der Waals surface area contributed by atoms with Gasteiger partial charge in [-0.2, -0.15) is 0 Å². The SMILES string of the molecule is CCC1CCC(O[Si](C(C)C)(C(C)C)C(C)C)=C[C@H]1c1c[nH]c2ccccc12. The maximum Gasteiger partial charge on any atom is 0.258 e. The van der Waals surface area contributed by atoms with Crippen LogP contribution in [0, 0.1) is 5.92 Å². The van der Waals surface area contributed by atoms with Gasteiger partial charge in [0.15, 0.2) is 0 Å². The van der Waals surface area contributed by atoms with Crippen LogP contribution in [-0.2, 0) is 4.43 Å². The van der Waals surface area contributed by atoms with Gasteiger partial charge in [-0.15, -0.1) is 0 Å². The quantitative estimate of drug-likeness (QED) is 0.468. The second-order valence-corrected chi connectivity index (χ2v) is 15.0. The molecule has 2 atom stereocenters. The molecule has 0 bridgehead atoms. The summed E-state index contributed by atoms with van der Waals surface area (Å²) in [5.74, 6) is 2.41. The Kier molecular flexibility index (Phi) is 6.43. The van der Waals surface area contributed by atoms with Crippen LogP contribution in [0.25, 0.3) is 10.9 Å². The van der Waals surface area contributed by atoms with Crippen molar-refractivity contribution in [3.63, 3.8) is 0 Å².